The second-order valence-corrected chi connectivity index (χ2v) is 5.55. The molecule has 106 valence electrons. The first-order valence-electron chi connectivity index (χ1n) is 6.39. The van der Waals surface area contributed by atoms with E-state index in [2.05, 4.69) is 21.2 Å². The normalized spacial score (nSPS) is 10.7. The Morgan fingerprint density at radius 2 is 1.80 bits per heavy atom. The minimum absolute atomic E-state index is 0.259. The first-order valence-corrected chi connectivity index (χ1v) is 7.18. The largest absolute Gasteiger partial charge is 0.457 e. The van der Waals surface area contributed by atoms with Crippen LogP contribution in [0.2, 0.25) is 0 Å². The van der Waals surface area contributed by atoms with Crippen LogP contribution in [-0.2, 0) is 6.54 Å². The third kappa shape index (κ3) is 3.38. The maximum Gasteiger partial charge on any atom is 0.132 e. The Balaban J connectivity index is 2.34. The first-order chi connectivity index (χ1) is 9.51. The van der Waals surface area contributed by atoms with Crippen molar-refractivity contribution in [2.24, 2.45) is 0 Å². The Morgan fingerprint density at radius 3 is 2.40 bits per heavy atom. The molecule has 0 aliphatic rings. The summed E-state index contributed by atoms with van der Waals surface area (Å²) in [5, 5.41) is 3.02. The summed E-state index contributed by atoms with van der Waals surface area (Å²) in [6.07, 6.45) is 0. The highest BCUT2D eigenvalue weighted by Crippen LogP contribution is 2.31. The van der Waals surface area contributed by atoms with E-state index in [9.17, 15) is 4.39 Å². The molecule has 0 amide bonds. The summed E-state index contributed by atoms with van der Waals surface area (Å²) in [5.74, 6) is 1.17. The monoisotopic (exact) mass is 337 g/mol. The highest BCUT2D eigenvalue weighted by Gasteiger charge is 2.08. The average molecular weight is 338 g/mol. The Bertz CT molecular complexity index is 605. The number of nitrogens with one attached hydrogen (secondary N) is 1. The summed E-state index contributed by atoms with van der Waals surface area (Å²) < 4.78 is 20.3. The van der Waals surface area contributed by atoms with Gasteiger partial charge in [0.15, 0.2) is 0 Å². The molecular weight excluding hydrogens is 321 g/mol. The van der Waals surface area contributed by atoms with E-state index in [-0.39, 0.29) is 5.82 Å². The van der Waals surface area contributed by atoms with Gasteiger partial charge in [0.2, 0.25) is 0 Å². The molecule has 2 aromatic rings. The molecule has 0 bridgehead atoms. The Morgan fingerprint density at radius 1 is 1.15 bits per heavy atom. The molecular formula is C16H17BrFNO. The van der Waals surface area contributed by atoms with Crippen molar-refractivity contribution < 1.29 is 9.13 Å². The van der Waals surface area contributed by atoms with Gasteiger partial charge in [0.1, 0.15) is 17.3 Å². The SMILES string of the molecule is CNCc1cc(F)ccc1Oc1cc(C)c(Br)c(C)c1. The van der Waals surface area contributed by atoms with E-state index in [0.717, 1.165) is 26.9 Å². The average Bonchev–Trinajstić information content (AvgIpc) is 2.39. The minimum atomic E-state index is -0.259. The summed E-state index contributed by atoms with van der Waals surface area (Å²) in [6, 6.07) is 8.49. The lowest BCUT2D eigenvalue weighted by Crippen LogP contribution is -2.06. The Kier molecular flexibility index (Phi) is 4.78. The van der Waals surface area contributed by atoms with Crippen LogP contribution >= 0.6 is 15.9 Å². The van der Waals surface area contributed by atoms with Crippen LogP contribution in [0, 0.1) is 19.7 Å². The van der Waals surface area contributed by atoms with Crippen LogP contribution in [0.3, 0.4) is 0 Å². The Labute approximate surface area is 127 Å². The summed E-state index contributed by atoms with van der Waals surface area (Å²) in [6.45, 7) is 4.59. The topological polar surface area (TPSA) is 21.3 Å². The summed E-state index contributed by atoms with van der Waals surface area (Å²) >= 11 is 3.53. The molecule has 0 fully saturated rings. The number of benzene rings is 2. The van der Waals surface area contributed by atoms with Crippen molar-refractivity contribution in [3.05, 3.63) is 57.3 Å². The van der Waals surface area contributed by atoms with Gasteiger partial charge in [-0.05, 0) is 62.4 Å². The Hall–Kier alpha value is -1.39. The molecule has 2 rings (SSSR count). The van der Waals surface area contributed by atoms with Crippen LogP contribution in [0.15, 0.2) is 34.8 Å². The second-order valence-electron chi connectivity index (χ2n) is 4.76. The first kappa shape index (κ1) is 15.0. The predicted octanol–water partition coefficient (Wildman–Crippen LogP) is 4.72. The fourth-order valence-corrected chi connectivity index (χ4v) is 2.30. The van der Waals surface area contributed by atoms with Crippen molar-refractivity contribution in [1.82, 2.24) is 5.32 Å². The van der Waals surface area contributed by atoms with Crippen LogP contribution in [0.1, 0.15) is 16.7 Å². The van der Waals surface area contributed by atoms with E-state index in [1.165, 1.54) is 12.1 Å². The molecule has 0 saturated carbocycles. The van der Waals surface area contributed by atoms with E-state index >= 15 is 0 Å². The van der Waals surface area contributed by atoms with Crippen molar-refractivity contribution in [3.8, 4) is 11.5 Å². The van der Waals surface area contributed by atoms with Crippen molar-refractivity contribution in [2.45, 2.75) is 20.4 Å². The summed E-state index contributed by atoms with van der Waals surface area (Å²) in [7, 11) is 1.82. The van der Waals surface area contributed by atoms with Crippen LogP contribution in [0.25, 0.3) is 0 Å². The van der Waals surface area contributed by atoms with Crippen LogP contribution in [0.5, 0.6) is 11.5 Å². The molecule has 1 N–H and O–H groups in total. The van der Waals surface area contributed by atoms with Gasteiger partial charge in [-0.25, -0.2) is 4.39 Å². The molecule has 0 aliphatic carbocycles. The standard InChI is InChI=1S/C16H17BrFNO/c1-10-6-14(7-11(2)16(10)17)20-15-5-4-13(18)8-12(15)9-19-3/h4-8,19H,9H2,1-3H3. The van der Waals surface area contributed by atoms with Gasteiger partial charge in [0.05, 0.1) is 0 Å². The van der Waals surface area contributed by atoms with Gasteiger partial charge in [0.25, 0.3) is 0 Å². The molecule has 2 aromatic carbocycles. The van der Waals surface area contributed by atoms with Gasteiger partial charge in [0, 0.05) is 16.6 Å². The van der Waals surface area contributed by atoms with Crippen molar-refractivity contribution in [1.29, 1.82) is 0 Å². The molecule has 0 radical (unpaired) electrons. The molecule has 0 atom stereocenters. The van der Waals surface area contributed by atoms with Crippen LogP contribution in [-0.4, -0.2) is 7.05 Å². The van der Waals surface area contributed by atoms with Crippen molar-refractivity contribution >= 4 is 15.9 Å². The van der Waals surface area contributed by atoms with Crippen LogP contribution in [0.4, 0.5) is 4.39 Å². The third-order valence-corrected chi connectivity index (χ3v) is 4.28. The smallest absolute Gasteiger partial charge is 0.132 e. The number of ether oxygens (including phenoxy) is 1. The van der Waals surface area contributed by atoms with E-state index in [1.807, 2.05) is 33.0 Å². The second kappa shape index (κ2) is 6.37. The number of hydrogen-bond donors (Lipinski definition) is 1. The van der Waals surface area contributed by atoms with Gasteiger partial charge >= 0.3 is 0 Å². The molecule has 0 unspecified atom stereocenters. The summed E-state index contributed by atoms with van der Waals surface area (Å²) in [4.78, 5) is 0. The molecule has 0 saturated heterocycles. The molecule has 0 aliphatic heterocycles. The number of rotatable bonds is 4. The molecule has 20 heavy (non-hydrogen) atoms. The van der Waals surface area contributed by atoms with Gasteiger partial charge in [-0.1, -0.05) is 15.9 Å². The van der Waals surface area contributed by atoms with E-state index in [4.69, 9.17) is 4.74 Å². The van der Waals surface area contributed by atoms with Crippen LogP contribution < -0.4 is 10.1 Å². The van der Waals surface area contributed by atoms with Gasteiger partial charge < -0.3 is 10.1 Å². The lowest BCUT2D eigenvalue weighted by atomic mass is 10.1. The van der Waals surface area contributed by atoms with E-state index in [1.54, 1.807) is 6.07 Å². The van der Waals surface area contributed by atoms with Gasteiger partial charge in [-0.15, -0.1) is 0 Å². The third-order valence-electron chi connectivity index (χ3n) is 3.03. The zero-order valence-corrected chi connectivity index (χ0v) is 13.3. The fraction of sp³-hybridized carbons (Fsp3) is 0.250. The quantitative estimate of drug-likeness (QED) is 0.871. The number of hydrogen-bond acceptors (Lipinski definition) is 2. The maximum atomic E-state index is 13.3. The number of halogens is 2. The molecule has 4 heteroatoms. The lowest BCUT2D eigenvalue weighted by molar-refractivity contribution is 0.470. The summed E-state index contributed by atoms with van der Waals surface area (Å²) in [5.41, 5.74) is 3.01. The molecule has 2 nitrogen and oxygen atoms in total. The lowest BCUT2D eigenvalue weighted by Gasteiger charge is -2.13. The zero-order chi connectivity index (χ0) is 14.7. The molecule has 0 heterocycles. The van der Waals surface area contributed by atoms with Gasteiger partial charge in [-0.2, -0.15) is 0 Å². The number of aryl methyl sites for hydroxylation is 2. The maximum absolute atomic E-state index is 13.3. The fourth-order valence-electron chi connectivity index (χ4n) is 2.07. The van der Waals surface area contributed by atoms with E-state index in [0.29, 0.717) is 12.3 Å². The minimum Gasteiger partial charge on any atom is -0.457 e. The zero-order valence-electron chi connectivity index (χ0n) is 11.8. The molecule has 0 aromatic heterocycles. The molecule has 0 spiro atoms. The highest BCUT2D eigenvalue weighted by atomic mass is 79.9. The highest BCUT2D eigenvalue weighted by molar-refractivity contribution is 9.10. The van der Waals surface area contributed by atoms with Crippen molar-refractivity contribution in [2.75, 3.05) is 7.05 Å². The van der Waals surface area contributed by atoms with E-state index < -0.39 is 0 Å². The van der Waals surface area contributed by atoms with Gasteiger partial charge in [-0.3, -0.25) is 0 Å². The predicted molar refractivity (Wildman–Crippen MR) is 82.9 cm³/mol. The van der Waals surface area contributed by atoms with Crippen molar-refractivity contribution in [3.63, 3.8) is 0 Å².